The van der Waals surface area contributed by atoms with Crippen LogP contribution in [-0.2, 0) is 0 Å². The number of nitrogen functional groups attached to an aromatic ring is 1. The Morgan fingerprint density at radius 1 is 1.64 bits per heavy atom. The fourth-order valence-corrected chi connectivity index (χ4v) is 1.29. The molecule has 0 unspecified atom stereocenters. The van der Waals surface area contributed by atoms with Gasteiger partial charge >= 0.3 is 0 Å². The Balaban J connectivity index is 3.36. The van der Waals surface area contributed by atoms with Crippen LogP contribution in [-0.4, -0.2) is 11.1 Å². The van der Waals surface area contributed by atoms with Crippen LogP contribution in [0.4, 0.5) is 10.1 Å². The Labute approximate surface area is 88.5 Å². The van der Waals surface area contributed by atoms with Crippen molar-refractivity contribution in [2.24, 2.45) is 0 Å². The molecule has 0 amide bonds. The number of nitriles is 1. The van der Waals surface area contributed by atoms with Crippen molar-refractivity contribution in [2.75, 3.05) is 11.1 Å². The number of nitrogens with two attached hydrogens (primary N) is 1. The molecule has 0 aliphatic carbocycles. The molecule has 0 aliphatic rings. The molecule has 0 aromatic heterocycles. The van der Waals surface area contributed by atoms with Gasteiger partial charge in [0.25, 0.3) is 0 Å². The number of carbonyl (C=O) groups excluding carboxylic acids is 1. The highest BCUT2D eigenvalue weighted by molar-refractivity contribution is 9.09. The molecule has 1 aromatic rings. The smallest absolute Gasteiger partial charge is 0.174 e. The standard InChI is InChI=1S/C9H6BrFN2O/c10-3-9(14)6-2-8(13)7(11)1-5(6)4-12/h1-2H,3,13H2. The van der Waals surface area contributed by atoms with E-state index < -0.39 is 5.82 Å². The summed E-state index contributed by atoms with van der Waals surface area (Å²) in [6, 6.07) is 3.88. The first-order valence-electron chi connectivity index (χ1n) is 3.68. The van der Waals surface area contributed by atoms with Crippen molar-refractivity contribution in [1.29, 1.82) is 5.26 Å². The van der Waals surface area contributed by atoms with Gasteiger partial charge in [0, 0.05) is 5.56 Å². The quantitative estimate of drug-likeness (QED) is 0.499. The van der Waals surface area contributed by atoms with Crippen LogP contribution < -0.4 is 5.73 Å². The number of hydrogen-bond acceptors (Lipinski definition) is 3. The molecule has 72 valence electrons. The zero-order valence-electron chi connectivity index (χ0n) is 7.05. The molecule has 0 heterocycles. The van der Waals surface area contributed by atoms with E-state index >= 15 is 0 Å². The lowest BCUT2D eigenvalue weighted by atomic mass is 10.0. The molecule has 0 aliphatic heterocycles. The number of halogens is 2. The van der Waals surface area contributed by atoms with Gasteiger partial charge in [0.15, 0.2) is 5.78 Å². The highest BCUT2D eigenvalue weighted by Gasteiger charge is 2.13. The molecule has 0 fully saturated rings. The number of Topliss-reactive ketones (excluding diaryl/α,β-unsaturated/α-hetero) is 1. The summed E-state index contributed by atoms with van der Waals surface area (Å²) in [5.41, 5.74) is 5.30. The lowest BCUT2D eigenvalue weighted by Crippen LogP contribution is -2.05. The van der Waals surface area contributed by atoms with E-state index in [9.17, 15) is 9.18 Å². The van der Waals surface area contributed by atoms with Crippen LogP contribution in [0.15, 0.2) is 12.1 Å². The normalized spacial score (nSPS) is 9.50. The van der Waals surface area contributed by atoms with E-state index in [1.807, 2.05) is 0 Å². The molecule has 0 saturated heterocycles. The van der Waals surface area contributed by atoms with Crippen LogP contribution >= 0.6 is 15.9 Å². The Morgan fingerprint density at radius 2 is 2.29 bits per heavy atom. The van der Waals surface area contributed by atoms with E-state index in [1.165, 1.54) is 6.07 Å². The maximum Gasteiger partial charge on any atom is 0.174 e. The Bertz CT molecular complexity index is 426. The van der Waals surface area contributed by atoms with E-state index in [0.717, 1.165) is 6.07 Å². The maximum atomic E-state index is 12.9. The molecule has 1 aromatic carbocycles. The Hall–Kier alpha value is -1.41. The van der Waals surface area contributed by atoms with Crippen molar-refractivity contribution in [3.05, 3.63) is 29.1 Å². The van der Waals surface area contributed by atoms with Crippen LogP contribution in [0.25, 0.3) is 0 Å². The SMILES string of the molecule is N#Cc1cc(F)c(N)cc1C(=O)CBr. The summed E-state index contributed by atoms with van der Waals surface area (Å²) in [5.74, 6) is -0.985. The molecule has 5 heteroatoms. The molecule has 14 heavy (non-hydrogen) atoms. The first kappa shape index (κ1) is 10.7. The molecule has 0 bridgehead atoms. The molecule has 2 N–H and O–H groups in total. The van der Waals surface area contributed by atoms with Crippen LogP contribution in [0.5, 0.6) is 0 Å². The third-order valence-electron chi connectivity index (χ3n) is 1.68. The maximum absolute atomic E-state index is 12.9. The predicted molar refractivity (Wildman–Crippen MR) is 53.7 cm³/mol. The first-order valence-corrected chi connectivity index (χ1v) is 4.80. The van der Waals surface area contributed by atoms with E-state index in [2.05, 4.69) is 15.9 Å². The van der Waals surface area contributed by atoms with Gasteiger partial charge in [-0.25, -0.2) is 4.39 Å². The summed E-state index contributed by atoms with van der Waals surface area (Å²) in [6.07, 6.45) is 0. The summed E-state index contributed by atoms with van der Waals surface area (Å²) in [4.78, 5) is 11.3. The zero-order valence-corrected chi connectivity index (χ0v) is 8.64. The van der Waals surface area contributed by atoms with E-state index in [4.69, 9.17) is 11.0 Å². The summed E-state index contributed by atoms with van der Waals surface area (Å²) >= 11 is 2.96. The summed E-state index contributed by atoms with van der Waals surface area (Å²) < 4.78 is 12.9. The van der Waals surface area contributed by atoms with Gasteiger partial charge in [-0.3, -0.25) is 4.79 Å². The van der Waals surface area contributed by atoms with Crippen molar-refractivity contribution in [1.82, 2.24) is 0 Å². The van der Waals surface area contributed by atoms with Crippen molar-refractivity contribution in [3.8, 4) is 6.07 Å². The molecule has 0 atom stereocenters. The predicted octanol–water partition coefficient (Wildman–Crippen LogP) is 1.86. The first-order chi connectivity index (χ1) is 6.60. The number of anilines is 1. The van der Waals surface area contributed by atoms with E-state index in [0.29, 0.717) is 0 Å². The second kappa shape index (κ2) is 4.20. The second-order valence-electron chi connectivity index (χ2n) is 2.59. The number of rotatable bonds is 2. The van der Waals surface area contributed by atoms with Gasteiger partial charge in [-0.1, -0.05) is 15.9 Å². The number of hydrogen-bond donors (Lipinski definition) is 1. The molecular weight excluding hydrogens is 251 g/mol. The average Bonchev–Trinajstić information content (AvgIpc) is 2.20. The van der Waals surface area contributed by atoms with Crippen molar-refractivity contribution < 1.29 is 9.18 Å². The highest BCUT2D eigenvalue weighted by Crippen LogP contribution is 2.18. The van der Waals surface area contributed by atoms with Crippen LogP contribution in [0.2, 0.25) is 0 Å². The number of benzene rings is 1. The van der Waals surface area contributed by atoms with Crippen LogP contribution in [0, 0.1) is 17.1 Å². The molecule has 0 spiro atoms. The fraction of sp³-hybridized carbons (Fsp3) is 0.111. The molecule has 1 rings (SSSR count). The van der Waals surface area contributed by atoms with Crippen LogP contribution in [0.1, 0.15) is 15.9 Å². The zero-order chi connectivity index (χ0) is 10.7. The van der Waals surface area contributed by atoms with Gasteiger partial charge in [-0.05, 0) is 12.1 Å². The van der Waals surface area contributed by atoms with Gasteiger partial charge in [0.2, 0.25) is 0 Å². The van der Waals surface area contributed by atoms with E-state index in [-0.39, 0.29) is 27.9 Å². The molecule has 3 nitrogen and oxygen atoms in total. The minimum atomic E-state index is -0.687. The fourth-order valence-electron chi connectivity index (χ4n) is 0.985. The van der Waals surface area contributed by atoms with Crippen molar-refractivity contribution >= 4 is 27.4 Å². The lowest BCUT2D eigenvalue weighted by molar-refractivity contribution is 0.102. The monoisotopic (exact) mass is 256 g/mol. The van der Waals surface area contributed by atoms with Crippen molar-refractivity contribution in [3.63, 3.8) is 0 Å². The van der Waals surface area contributed by atoms with E-state index in [1.54, 1.807) is 6.07 Å². The summed E-state index contributed by atoms with van der Waals surface area (Å²) in [5, 5.41) is 8.73. The lowest BCUT2D eigenvalue weighted by Gasteiger charge is -2.03. The second-order valence-corrected chi connectivity index (χ2v) is 3.15. The Morgan fingerprint density at radius 3 is 2.79 bits per heavy atom. The van der Waals surface area contributed by atoms with Gasteiger partial charge in [0.05, 0.1) is 22.7 Å². The van der Waals surface area contributed by atoms with Gasteiger partial charge in [-0.2, -0.15) is 5.26 Å². The van der Waals surface area contributed by atoms with Gasteiger partial charge in [0.1, 0.15) is 5.82 Å². The number of ketones is 1. The Kier molecular flexibility index (Phi) is 3.20. The number of nitrogens with zero attached hydrogens (tertiary/aromatic N) is 1. The molecular formula is C9H6BrFN2O. The average molecular weight is 257 g/mol. The largest absolute Gasteiger partial charge is 0.396 e. The minimum Gasteiger partial charge on any atom is -0.396 e. The van der Waals surface area contributed by atoms with Crippen LogP contribution in [0.3, 0.4) is 0 Å². The molecule has 0 saturated carbocycles. The van der Waals surface area contributed by atoms with Gasteiger partial charge < -0.3 is 5.73 Å². The summed E-state index contributed by atoms with van der Waals surface area (Å²) in [6.45, 7) is 0. The highest BCUT2D eigenvalue weighted by atomic mass is 79.9. The third-order valence-corrected chi connectivity index (χ3v) is 2.19. The molecule has 0 radical (unpaired) electrons. The third kappa shape index (κ3) is 1.91. The minimum absolute atomic E-state index is 0.00106. The van der Waals surface area contributed by atoms with Gasteiger partial charge in [-0.15, -0.1) is 0 Å². The van der Waals surface area contributed by atoms with Crippen molar-refractivity contribution in [2.45, 2.75) is 0 Å². The topological polar surface area (TPSA) is 66.9 Å². The summed E-state index contributed by atoms with van der Waals surface area (Å²) in [7, 11) is 0. The number of alkyl halides is 1. The number of carbonyl (C=O) groups is 1.